The third kappa shape index (κ3) is 4.21. The SMILES string of the molecule is COC(=O)c1cccc(NC(=O)[C@@H]2CCCNC2)c1.Cl. The van der Waals surface area contributed by atoms with Gasteiger partial charge in [0.05, 0.1) is 18.6 Å². The van der Waals surface area contributed by atoms with Gasteiger partial charge in [0.1, 0.15) is 0 Å². The fourth-order valence-electron chi connectivity index (χ4n) is 2.16. The van der Waals surface area contributed by atoms with Gasteiger partial charge in [0.25, 0.3) is 0 Å². The highest BCUT2D eigenvalue weighted by Gasteiger charge is 2.21. The average molecular weight is 299 g/mol. The van der Waals surface area contributed by atoms with Crippen LogP contribution < -0.4 is 10.6 Å². The van der Waals surface area contributed by atoms with Crippen molar-refractivity contribution in [2.45, 2.75) is 12.8 Å². The molecule has 110 valence electrons. The predicted octanol–water partition coefficient (Wildman–Crippen LogP) is 1.83. The number of hydrogen-bond acceptors (Lipinski definition) is 4. The van der Waals surface area contributed by atoms with Crippen LogP contribution in [-0.2, 0) is 9.53 Å². The van der Waals surface area contributed by atoms with E-state index in [1.165, 1.54) is 7.11 Å². The summed E-state index contributed by atoms with van der Waals surface area (Å²) < 4.78 is 4.65. The molecule has 1 atom stereocenters. The molecule has 1 saturated heterocycles. The molecule has 0 aliphatic carbocycles. The van der Waals surface area contributed by atoms with E-state index in [1.54, 1.807) is 24.3 Å². The molecule has 0 aromatic heterocycles. The predicted molar refractivity (Wildman–Crippen MR) is 79.3 cm³/mol. The topological polar surface area (TPSA) is 67.4 Å². The molecule has 1 aromatic carbocycles. The van der Waals surface area contributed by atoms with Gasteiger partial charge < -0.3 is 15.4 Å². The largest absolute Gasteiger partial charge is 0.465 e. The van der Waals surface area contributed by atoms with Crippen molar-refractivity contribution in [3.63, 3.8) is 0 Å². The molecule has 1 fully saturated rings. The van der Waals surface area contributed by atoms with Gasteiger partial charge in [-0.25, -0.2) is 4.79 Å². The monoisotopic (exact) mass is 298 g/mol. The fourth-order valence-corrected chi connectivity index (χ4v) is 2.16. The first-order chi connectivity index (χ1) is 9.20. The van der Waals surface area contributed by atoms with Crippen LogP contribution in [0.4, 0.5) is 5.69 Å². The van der Waals surface area contributed by atoms with Gasteiger partial charge in [-0.3, -0.25) is 4.79 Å². The number of nitrogens with one attached hydrogen (secondary N) is 2. The maximum absolute atomic E-state index is 12.1. The Morgan fingerprint density at radius 1 is 1.40 bits per heavy atom. The molecule has 1 amide bonds. The molecule has 1 aliphatic heterocycles. The molecular weight excluding hydrogens is 280 g/mol. The van der Waals surface area contributed by atoms with Gasteiger partial charge in [0.2, 0.25) is 5.91 Å². The van der Waals surface area contributed by atoms with Crippen molar-refractivity contribution in [3.05, 3.63) is 29.8 Å². The Morgan fingerprint density at radius 2 is 2.20 bits per heavy atom. The van der Waals surface area contributed by atoms with E-state index >= 15 is 0 Å². The summed E-state index contributed by atoms with van der Waals surface area (Å²) in [5.41, 5.74) is 1.06. The van der Waals surface area contributed by atoms with Gasteiger partial charge in [0.15, 0.2) is 0 Å². The highest BCUT2D eigenvalue weighted by molar-refractivity contribution is 5.95. The maximum atomic E-state index is 12.1. The molecule has 1 heterocycles. The first kappa shape index (κ1) is 16.5. The third-order valence-electron chi connectivity index (χ3n) is 3.22. The number of esters is 1. The standard InChI is InChI=1S/C14H18N2O3.ClH/c1-19-14(18)10-4-2-6-12(8-10)16-13(17)11-5-3-7-15-9-11;/h2,4,6,8,11,15H,3,5,7,9H2,1H3,(H,16,17);1H/t11-;/m1./s1. The van der Waals surface area contributed by atoms with Gasteiger partial charge in [-0.05, 0) is 37.6 Å². The Hall–Kier alpha value is -1.59. The third-order valence-corrected chi connectivity index (χ3v) is 3.22. The van der Waals surface area contributed by atoms with Gasteiger partial charge >= 0.3 is 5.97 Å². The van der Waals surface area contributed by atoms with E-state index in [-0.39, 0.29) is 24.2 Å². The Labute approximate surface area is 124 Å². The molecule has 1 aliphatic rings. The second-order valence-corrected chi connectivity index (χ2v) is 4.60. The molecule has 6 heteroatoms. The van der Waals surface area contributed by atoms with E-state index in [9.17, 15) is 9.59 Å². The number of amides is 1. The van der Waals surface area contributed by atoms with E-state index in [2.05, 4.69) is 15.4 Å². The smallest absolute Gasteiger partial charge is 0.337 e. The van der Waals surface area contributed by atoms with Crippen LogP contribution >= 0.6 is 12.4 Å². The molecule has 0 saturated carbocycles. The first-order valence-electron chi connectivity index (χ1n) is 6.40. The summed E-state index contributed by atoms with van der Waals surface area (Å²) >= 11 is 0. The summed E-state index contributed by atoms with van der Waals surface area (Å²) in [7, 11) is 1.33. The van der Waals surface area contributed by atoms with Crippen LogP contribution in [0.1, 0.15) is 23.2 Å². The van der Waals surface area contributed by atoms with Crippen LogP contribution in [0.25, 0.3) is 0 Å². The zero-order chi connectivity index (χ0) is 13.7. The summed E-state index contributed by atoms with van der Waals surface area (Å²) in [4.78, 5) is 23.5. The number of halogens is 1. The average Bonchev–Trinajstić information content (AvgIpc) is 2.47. The Bertz CT molecular complexity index is 473. The number of ether oxygens (including phenoxy) is 1. The number of benzene rings is 1. The number of carbonyl (C=O) groups is 2. The molecule has 20 heavy (non-hydrogen) atoms. The van der Waals surface area contributed by atoms with Crippen LogP contribution in [0.5, 0.6) is 0 Å². The first-order valence-corrected chi connectivity index (χ1v) is 6.40. The van der Waals surface area contributed by atoms with E-state index < -0.39 is 5.97 Å². The molecular formula is C14H19ClN2O3. The summed E-state index contributed by atoms with van der Waals surface area (Å²) in [6.07, 6.45) is 1.91. The minimum absolute atomic E-state index is 0. The van der Waals surface area contributed by atoms with Crippen molar-refractivity contribution in [2.75, 3.05) is 25.5 Å². The van der Waals surface area contributed by atoms with Crippen molar-refractivity contribution in [1.29, 1.82) is 0 Å². The lowest BCUT2D eigenvalue weighted by Gasteiger charge is -2.21. The highest BCUT2D eigenvalue weighted by Crippen LogP contribution is 2.16. The zero-order valence-electron chi connectivity index (χ0n) is 11.3. The molecule has 0 unspecified atom stereocenters. The second kappa shape index (κ2) is 7.87. The normalized spacial score (nSPS) is 17.8. The second-order valence-electron chi connectivity index (χ2n) is 4.60. The van der Waals surface area contributed by atoms with Crippen LogP contribution in [0.15, 0.2) is 24.3 Å². The molecule has 2 N–H and O–H groups in total. The van der Waals surface area contributed by atoms with Crippen molar-refractivity contribution in [2.24, 2.45) is 5.92 Å². The van der Waals surface area contributed by atoms with Crippen molar-refractivity contribution >= 4 is 30.0 Å². The summed E-state index contributed by atoms with van der Waals surface area (Å²) in [6, 6.07) is 6.77. The van der Waals surface area contributed by atoms with E-state index in [0.29, 0.717) is 17.8 Å². The number of methoxy groups -OCH3 is 1. The van der Waals surface area contributed by atoms with Crippen LogP contribution in [0.2, 0.25) is 0 Å². The molecule has 0 bridgehead atoms. The number of anilines is 1. The number of carbonyl (C=O) groups excluding carboxylic acids is 2. The number of hydrogen-bond donors (Lipinski definition) is 2. The Kier molecular flexibility index (Phi) is 6.48. The number of piperidine rings is 1. The van der Waals surface area contributed by atoms with Crippen molar-refractivity contribution in [1.82, 2.24) is 5.32 Å². The molecule has 2 rings (SSSR count). The lowest BCUT2D eigenvalue weighted by atomic mass is 9.99. The van der Waals surface area contributed by atoms with Crippen LogP contribution in [-0.4, -0.2) is 32.1 Å². The Balaban J connectivity index is 0.00000200. The summed E-state index contributed by atoms with van der Waals surface area (Å²) in [5.74, 6) is -0.416. The van der Waals surface area contributed by atoms with Gasteiger partial charge in [-0.15, -0.1) is 12.4 Å². The quantitative estimate of drug-likeness (QED) is 0.836. The molecule has 1 aromatic rings. The molecule has 5 nitrogen and oxygen atoms in total. The Morgan fingerprint density at radius 3 is 2.85 bits per heavy atom. The fraction of sp³-hybridized carbons (Fsp3) is 0.429. The summed E-state index contributed by atoms with van der Waals surface area (Å²) in [5, 5.41) is 6.05. The zero-order valence-corrected chi connectivity index (χ0v) is 12.2. The van der Waals surface area contributed by atoms with E-state index in [4.69, 9.17) is 0 Å². The van der Waals surface area contributed by atoms with Gasteiger partial charge in [-0.1, -0.05) is 6.07 Å². The van der Waals surface area contributed by atoms with Gasteiger partial charge in [-0.2, -0.15) is 0 Å². The lowest BCUT2D eigenvalue weighted by molar-refractivity contribution is -0.120. The van der Waals surface area contributed by atoms with Crippen molar-refractivity contribution in [3.8, 4) is 0 Å². The van der Waals surface area contributed by atoms with E-state index in [1.807, 2.05) is 0 Å². The lowest BCUT2D eigenvalue weighted by Crippen LogP contribution is -2.37. The molecule has 0 radical (unpaired) electrons. The minimum Gasteiger partial charge on any atom is -0.465 e. The molecule has 0 spiro atoms. The van der Waals surface area contributed by atoms with E-state index in [0.717, 1.165) is 19.4 Å². The maximum Gasteiger partial charge on any atom is 0.337 e. The van der Waals surface area contributed by atoms with Crippen LogP contribution in [0.3, 0.4) is 0 Å². The number of rotatable bonds is 3. The highest BCUT2D eigenvalue weighted by atomic mass is 35.5. The van der Waals surface area contributed by atoms with Crippen molar-refractivity contribution < 1.29 is 14.3 Å². The van der Waals surface area contributed by atoms with Crippen LogP contribution in [0, 0.1) is 5.92 Å². The summed E-state index contributed by atoms with van der Waals surface area (Å²) in [6.45, 7) is 1.68. The van der Waals surface area contributed by atoms with Gasteiger partial charge in [0, 0.05) is 12.2 Å². The minimum atomic E-state index is -0.407.